The molecule has 0 aliphatic carbocycles. The lowest BCUT2D eigenvalue weighted by Gasteiger charge is -2.12. The number of nitrogens with one attached hydrogen (secondary N) is 1. The number of nitrogens with zero attached hydrogens (tertiary/aromatic N) is 2. The molecule has 1 N–H and O–H groups in total. The number of anilines is 1. The van der Waals surface area contributed by atoms with Crippen molar-refractivity contribution in [3.05, 3.63) is 40.1 Å². The second-order valence-electron chi connectivity index (χ2n) is 4.07. The molecule has 0 amide bonds. The second kappa shape index (κ2) is 7.16. The molecule has 6 heteroatoms. The molecular formula is C14H15Cl2N3S. The Balaban J connectivity index is 2.37. The van der Waals surface area contributed by atoms with Crippen LogP contribution in [0, 0.1) is 0 Å². The van der Waals surface area contributed by atoms with E-state index in [0.29, 0.717) is 10.0 Å². The maximum atomic E-state index is 6.20. The minimum atomic E-state index is 0.663. The summed E-state index contributed by atoms with van der Waals surface area (Å²) in [5.41, 5.74) is 1.09. The second-order valence-corrected chi connectivity index (χ2v) is 5.94. The lowest BCUT2D eigenvalue weighted by atomic mass is 10.2. The SMILES string of the molecule is CCNc1ncnc(Sc2cc(Cl)ccc2Cl)c1CC. The van der Waals surface area contributed by atoms with Gasteiger partial charge in [0.1, 0.15) is 17.2 Å². The summed E-state index contributed by atoms with van der Waals surface area (Å²) in [5.74, 6) is 0.880. The Hall–Kier alpha value is -0.970. The number of rotatable bonds is 5. The summed E-state index contributed by atoms with van der Waals surface area (Å²) in [4.78, 5) is 9.55. The monoisotopic (exact) mass is 327 g/mol. The first kappa shape index (κ1) is 15.4. The van der Waals surface area contributed by atoms with Gasteiger partial charge in [0.15, 0.2) is 0 Å². The topological polar surface area (TPSA) is 37.8 Å². The van der Waals surface area contributed by atoms with Crippen molar-refractivity contribution in [3.8, 4) is 0 Å². The Bertz CT molecular complexity index is 605. The van der Waals surface area contributed by atoms with E-state index >= 15 is 0 Å². The number of hydrogen-bond acceptors (Lipinski definition) is 4. The molecule has 0 aliphatic rings. The van der Waals surface area contributed by atoms with Crippen LogP contribution in [0.15, 0.2) is 34.4 Å². The maximum Gasteiger partial charge on any atom is 0.133 e. The third-order valence-electron chi connectivity index (χ3n) is 2.70. The van der Waals surface area contributed by atoms with Gasteiger partial charge in [0.2, 0.25) is 0 Å². The summed E-state index contributed by atoms with van der Waals surface area (Å²) < 4.78 is 0. The van der Waals surface area contributed by atoms with Gasteiger partial charge in [-0.2, -0.15) is 0 Å². The van der Waals surface area contributed by atoms with Gasteiger partial charge in [-0.1, -0.05) is 41.9 Å². The predicted molar refractivity (Wildman–Crippen MR) is 86.2 cm³/mol. The molecule has 1 heterocycles. The van der Waals surface area contributed by atoms with E-state index in [-0.39, 0.29) is 0 Å². The van der Waals surface area contributed by atoms with E-state index in [2.05, 4.69) is 22.2 Å². The van der Waals surface area contributed by atoms with E-state index in [1.165, 1.54) is 11.8 Å². The third kappa shape index (κ3) is 3.57. The molecule has 20 heavy (non-hydrogen) atoms. The molecule has 1 aromatic heterocycles. The van der Waals surface area contributed by atoms with Gasteiger partial charge in [-0.3, -0.25) is 0 Å². The van der Waals surface area contributed by atoms with E-state index in [1.807, 2.05) is 13.0 Å². The molecule has 0 radical (unpaired) electrons. The number of benzene rings is 1. The first-order chi connectivity index (χ1) is 9.65. The van der Waals surface area contributed by atoms with Crippen LogP contribution in [0.5, 0.6) is 0 Å². The van der Waals surface area contributed by atoms with Gasteiger partial charge in [-0.25, -0.2) is 9.97 Å². The van der Waals surface area contributed by atoms with Crippen molar-refractivity contribution in [1.82, 2.24) is 9.97 Å². The highest BCUT2D eigenvalue weighted by atomic mass is 35.5. The molecule has 0 saturated carbocycles. The lowest BCUT2D eigenvalue weighted by Crippen LogP contribution is -2.05. The van der Waals surface area contributed by atoms with Crippen molar-refractivity contribution in [2.45, 2.75) is 30.2 Å². The zero-order chi connectivity index (χ0) is 14.5. The summed E-state index contributed by atoms with van der Waals surface area (Å²) in [6, 6.07) is 5.42. The zero-order valence-corrected chi connectivity index (χ0v) is 13.6. The van der Waals surface area contributed by atoms with E-state index in [4.69, 9.17) is 23.2 Å². The van der Waals surface area contributed by atoms with Crippen molar-refractivity contribution in [1.29, 1.82) is 0 Å². The molecule has 3 nitrogen and oxygen atoms in total. The summed E-state index contributed by atoms with van der Waals surface area (Å²) in [7, 11) is 0. The van der Waals surface area contributed by atoms with Crippen LogP contribution in [0.2, 0.25) is 10.0 Å². The molecule has 2 rings (SSSR count). The van der Waals surface area contributed by atoms with Crippen LogP contribution in [0.4, 0.5) is 5.82 Å². The van der Waals surface area contributed by atoms with Gasteiger partial charge < -0.3 is 5.32 Å². The van der Waals surface area contributed by atoms with Crippen LogP contribution < -0.4 is 5.32 Å². The van der Waals surface area contributed by atoms with Gasteiger partial charge in [-0.15, -0.1) is 0 Å². The fourth-order valence-electron chi connectivity index (χ4n) is 1.78. The molecule has 1 aromatic carbocycles. The first-order valence-electron chi connectivity index (χ1n) is 6.36. The van der Waals surface area contributed by atoms with E-state index in [9.17, 15) is 0 Å². The van der Waals surface area contributed by atoms with Gasteiger partial charge in [0.25, 0.3) is 0 Å². The van der Waals surface area contributed by atoms with Crippen molar-refractivity contribution in [2.75, 3.05) is 11.9 Å². The maximum absolute atomic E-state index is 6.20. The van der Waals surface area contributed by atoms with Crippen molar-refractivity contribution in [3.63, 3.8) is 0 Å². The molecule has 0 fully saturated rings. The minimum Gasteiger partial charge on any atom is -0.370 e. The Morgan fingerprint density at radius 2 is 2.00 bits per heavy atom. The fourth-order valence-corrected chi connectivity index (χ4v) is 3.28. The molecule has 2 aromatic rings. The average Bonchev–Trinajstić information content (AvgIpc) is 2.43. The van der Waals surface area contributed by atoms with Gasteiger partial charge in [-0.05, 0) is 31.5 Å². The highest BCUT2D eigenvalue weighted by Crippen LogP contribution is 2.36. The summed E-state index contributed by atoms with van der Waals surface area (Å²) in [6.07, 6.45) is 2.42. The highest BCUT2D eigenvalue weighted by Gasteiger charge is 2.12. The average molecular weight is 328 g/mol. The summed E-state index contributed by atoms with van der Waals surface area (Å²) in [6.45, 7) is 4.96. The Labute approximate surface area is 133 Å². The Morgan fingerprint density at radius 1 is 1.20 bits per heavy atom. The molecule has 0 bridgehead atoms. The van der Waals surface area contributed by atoms with Crippen molar-refractivity contribution >= 4 is 40.8 Å². The Kier molecular flexibility index (Phi) is 5.52. The van der Waals surface area contributed by atoms with E-state index in [1.54, 1.807) is 18.5 Å². The number of aromatic nitrogens is 2. The molecule has 0 aliphatic heterocycles. The first-order valence-corrected chi connectivity index (χ1v) is 7.93. The standard InChI is InChI=1S/C14H15Cl2N3S/c1-3-10-13(17-4-2)18-8-19-14(10)20-12-7-9(15)5-6-11(12)16/h5-8H,3-4H2,1-2H3,(H,17,18,19). The van der Waals surface area contributed by atoms with Crippen LogP contribution in [0.3, 0.4) is 0 Å². The van der Waals surface area contributed by atoms with Crippen LogP contribution in [0.25, 0.3) is 0 Å². The zero-order valence-electron chi connectivity index (χ0n) is 11.3. The normalized spacial score (nSPS) is 10.6. The summed E-state index contributed by atoms with van der Waals surface area (Å²) >= 11 is 13.7. The Morgan fingerprint density at radius 3 is 2.70 bits per heavy atom. The van der Waals surface area contributed by atoms with Crippen LogP contribution in [-0.4, -0.2) is 16.5 Å². The molecular weight excluding hydrogens is 313 g/mol. The molecule has 0 saturated heterocycles. The minimum absolute atomic E-state index is 0.663. The molecule has 0 spiro atoms. The molecule has 0 atom stereocenters. The third-order valence-corrected chi connectivity index (χ3v) is 4.48. The van der Waals surface area contributed by atoms with Crippen LogP contribution in [0.1, 0.15) is 19.4 Å². The molecule has 106 valence electrons. The number of halogens is 2. The van der Waals surface area contributed by atoms with Gasteiger partial charge in [0.05, 0.1) is 5.02 Å². The van der Waals surface area contributed by atoms with Gasteiger partial charge >= 0.3 is 0 Å². The van der Waals surface area contributed by atoms with Crippen LogP contribution in [-0.2, 0) is 6.42 Å². The largest absolute Gasteiger partial charge is 0.370 e. The van der Waals surface area contributed by atoms with Crippen molar-refractivity contribution < 1.29 is 0 Å². The predicted octanol–water partition coefficient (Wildman–Crippen LogP) is 4.93. The fraction of sp³-hybridized carbons (Fsp3) is 0.286. The van der Waals surface area contributed by atoms with Crippen LogP contribution >= 0.6 is 35.0 Å². The summed E-state index contributed by atoms with van der Waals surface area (Å²) in [5, 5.41) is 5.50. The lowest BCUT2D eigenvalue weighted by molar-refractivity contribution is 0.937. The van der Waals surface area contributed by atoms with Crippen molar-refractivity contribution in [2.24, 2.45) is 0 Å². The highest BCUT2D eigenvalue weighted by molar-refractivity contribution is 7.99. The number of hydrogen-bond donors (Lipinski definition) is 1. The quantitative estimate of drug-likeness (QED) is 0.790. The van der Waals surface area contributed by atoms with Gasteiger partial charge in [0, 0.05) is 22.0 Å². The van der Waals surface area contributed by atoms with E-state index in [0.717, 1.165) is 34.3 Å². The van der Waals surface area contributed by atoms with E-state index < -0.39 is 0 Å². The molecule has 0 unspecified atom stereocenters. The smallest absolute Gasteiger partial charge is 0.133 e.